The third-order valence-corrected chi connectivity index (χ3v) is 2.11. The van der Waals surface area contributed by atoms with Crippen LogP contribution in [-0.4, -0.2) is 11.9 Å². The van der Waals surface area contributed by atoms with Crippen molar-refractivity contribution in [3.63, 3.8) is 0 Å². The highest BCUT2D eigenvalue weighted by atomic mass is 19.1. The fourth-order valence-electron chi connectivity index (χ4n) is 1.21. The van der Waals surface area contributed by atoms with Crippen LogP contribution in [0.1, 0.15) is 12.0 Å². The van der Waals surface area contributed by atoms with Crippen molar-refractivity contribution in [1.29, 1.82) is 5.26 Å². The molecule has 1 unspecified atom stereocenters. The molecule has 0 aromatic heterocycles. The van der Waals surface area contributed by atoms with E-state index in [0.29, 0.717) is 12.1 Å². The third-order valence-electron chi connectivity index (χ3n) is 2.11. The molecule has 1 rings (SSSR count). The Kier molecular flexibility index (Phi) is 4.37. The lowest BCUT2D eigenvalue weighted by Gasteiger charge is -2.10. The highest BCUT2D eigenvalue weighted by molar-refractivity contribution is 5.94. The molecule has 0 bridgehead atoms. The van der Waals surface area contributed by atoms with Gasteiger partial charge in [0.25, 0.3) is 0 Å². The number of nitrogens with two attached hydrogens (primary N) is 1. The van der Waals surface area contributed by atoms with Gasteiger partial charge in [0.2, 0.25) is 5.91 Å². The fraction of sp³-hybridized carbons (Fsp3) is 0.167. The number of hydrogen-bond acceptors (Lipinski definition) is 3. The van der Waals surface area contributed by atoms with E-state index < -0.39 is 17.8 Å². The first-order valence-electron chi connectivity index (χ1n) is 4.95. The number of halogens is 1. The summed E-state index contributed by atoms with van der Waals surface area (Å²) in [4.78, 5) is 11.5. The number of anilines is 1. The molecule has 0 aliphatic carbocycles. The molecule has 0 saturated heterocycles. The maximum atomic E-state index is 13.0. The molecule has 0 aliphatic heterocycles. The predicted molar refractivity (Wildman–Crippen MR) is 62.5 cm³/mol. The van der Waals surface area contributed by atoms with E-state index in [1.807, 2.05) is 0 Å². The standard InChI is InChI=1S/C12H12FN3O/c1-2-3-11(15)12(17)16-9-4-5-10(13)8(6-9)7-14/h2,4-6,11H,1,3,15H2,(H,16,17). The number of nitriles is 1. The van der Waals surface area contributed by atoms with E-state index in [9.17, 15) is 9.18 Å². The average molecular weight is 233 g/mol. The van der Waals surface area contributed by atoms with Crippen molar-refractivity contribution in [1.82, 2.24) is 0 Å². The first-order valence-corrected chi connectivity index (χ1v) is 4.95. The van der Waals surface area contributed by atoms with Gasteiger partial charge in [0.1, 0.15) is 11.9 Å². The summed E-state index contributed by atoms with van der Waals surface area (Å²) in [5.74, 6) is -1.03. The lowest BCUT2D eigenvalue weighted by atomic mass is 10.1. The number of carbonyl (C=O) groups is 1. The van der Waals surface area contributed by atoms with Crippen LogP contribution in [0.3, 0.4) is 0 Å². The van der Waals surface area contributed by atoms with Crippen LogP contribution in [0.5, 0.6) is 0 Å². The van der Waals surface area contributed by atoms with Crippen molar-refractivity contribution in [2.24, 2.45) is 5.73 Å². The number of nitrogens with zero attached hydrogens (tertiary/aromatic N) is 1. The lowest BCUT2D eigenvalue weighted by Crippen LogP contribution is -2.35. The van der Waals surface area contributed by atoms with Gasteiger partial charge in [-0.3, -0.25) is 4.79 Å². The van der Waals surface area contributed by atoms with Crippen LogP contribution in [0, 0.1) is 17.1 Å². The van der Waals surface area contributed by atoms with Crippen LogP contribution in [0.15, 0.2) is 30.9 Å². The van der Waals surface area contributed by atoms with E-state index in [1.165, 1.54) is 18.2 Å². The Bertz CT molecular complexity index is 479. The van der Waals surface area contributed by atoms with E-state index >= 15 is 0 Å². The van der Waals surface area contributed by atoms with Crippen LogP contribution in [-0.2, 0) is 4.79 Å². The average Bonchev–Trinajstić information content (AvgIpc) is 2.31. The van der Waals surface area contributed by atoms with Crippen molar-refractivity contribution >= 4 is 11.6 Å². The fourth-order valence-corrected chi connectivity index (χ4v) is 1.21. The molecule has 4 nitrogen and oxygen atoms in total. The van der Waals surface area contributed by atoms with Gasteiger partial charge < -0.3 is 11.1 Å². The Morgan fingerprint density at radius 2 is 2.41 bits per heavy atom. The largest absolute Gasteiger partial charge is 0.325 e. The third kappa shape index (κ3) is 3.40. The van der Waals surface area contributed by atoms with Gasteiger partial charge in [-0.25, -0.2) is 4.39 Å². The second kappa shape index (κ2) is 5.77. The molecule has 0 aliphatic rings. The molecule has 17 heavy (non-hydrogen) atoms. The van der Waals surface area contributed by atoms with Crippen molar-refractivity contribution in [3.8, 4) is 6.07 Å². The molecule has 1 aromatic rings. The summed E-state index contributed by atoms with van der Waals surface area (Å²) in [6.07, 6.45) is 1.88. The minimum absolute atomic E-state index is 0.125. The van der Waals surface area contributed by atoms with Gasteiger partial charge in [0.05, 0.1) is 11.6 Å². The number of hydrogen-bond donors (Lipinski definition) is 2. The zero-order valence-electron chi connectivity index (χ0n) is 9.11. The van der Waals surface area contributed by atoms with Gasteiger partial charge in [-0.15, -0.1) is 6.58 Å². The normalized spacial score (nSPS) is 11.4. The summed E-state index contributed by atoms with van der Waals surface area (Å²) in [5, 5.41) is 11.1. The van der Waals surface area contributed by atoms with Crippen molar-refractivity contribution in [2.75, 3.05) is 5.32 Å². The summed E-state index contributed by atoms with van der Waals surface area (Å²) in [5.41, 5.74) is 5.77. The maximum Gasteiger partial charge on any atom is 0.241 e. The highest BCUT2D eigenvalue weighted by Gasteiger charge is 2.12. The van der Waals surface area contributed by atoms with Crippen molar-refractivity contribution < 1.29 is 9.18 Å². The molecular formula is C12H12FN3O. The monoisotopic (exact) mass is 233 g/mol. The van der Waals surface area contributed by atoms with Crippen LogP contribution in [0.25, 0.3) is 0 Å². The zero-order chi connectivity index (χ0) is 12.8. The van der Waals surface area contributed by atoms with E-state index in [2.05, 4.69) is 11.9 Å². The molecule has 1 aromatic carbocycles. The summed E-state index contributed by atoms with van der Waals surface area (Å²) < 4.78 is 13.0. The molecule has 0 saturated carbocycles. The maximum absolute atomic E-state index is 13.0. The van der Waals surface area contributed by atoms with Crippen molar-refractivity contribution in [3.05, 3.63) is 42.2 Å². The number of carbonyl (C=O) groups excluding carboxylic acids is 1. The first-order chi connectivity index (χ1) is 8.08. The topological polar surface area (TPSA) is 78.9 Å². The van der Waals surface area contributed by atoms with Gasteiger partial charge in [-0.2, -0.15) is 5.26 Å². The van der Waals surface area contributed by atoms with Gasteiger partial charge >= 0.3 is 0 Å². The minimum atomic E-state index is -0.705. The molecular weight excluding hydrogens is 221 g/mol. The quantitative estimate of drug-likeness (QED) is 0.774. The van der Waals surface area contributed by atoms with E-state index in [-0.39, 0.29) is 5.56 Å². The number of nitrogens with one attached hydrogen (secondary N) is 1. The summed E-state index contributed by atoms with van der Waals surface area (Å²) in [6, 6.07) is 4.73. The zero-order valence-corrected chi connectivity index (χ0v) is 9.11. The molecule has 0 fully saturated rings. The number of benzene rings is 1. The molecule has 0 heterocycles. The molecule has 0 spiro atoms. The molecule has 1 amide bonds. The Hall–Kier alpha value is -2.19. The van der Waals surface area contributed by atoms with Crippen molar-refractivity contribution in [2.45, 2.75) is 12.5 Å². The second-order valence-electron chi connectivity index (χ2n) is 3.43. The van der Waals surface area contributed by atoms with Gasteiger partial charge in [-0.1, -0.05) is 6.08 Å². The van der Waals surface area contributed by atoms with Crippen LogP contribution in [0.2, 0.25) is 0 Å². The van der Waals surface area contributed by atoms with Crippen LogP contribution >= 0.6 is 0 Å². The summed E-state index contributed by atoms with van der Waals surface area (Å²) in [7, 11) is 0. The molecule has 1 atom stereocenters. The van der Waals surface area contributed by atoms with Gasteiger partial charge in [-0.05, 0) is 24.6 Å². The predicted octanol–water partition coefficient (Wildman–Crippen LogP) is 1.54. The first kappa shape index (κ1) is 12.9. The molecule has 88 valence electrons. The Morgan fingerprint density at radius 3 is 3.00 bits per heavy atom. The summed E-state index contributed by atoms with van der Waals surface area (Å²) >= 11 is 0. The molecule has 3 N–H and O–H groups in total. The Morgan fingerprint density at radius 1 is 1.71 bits per heavy atom. The van der Waals surface area contributed by atoms with E-state index in [4.69, 9.17) is 11.0 Å². The van der Waals surface area contributed by atoms with Gasteiger partial charge in [0.15, 0.2) is 0 Å². The smallest absolute Gasteiger partial charge is 0.241 e. The number of rotatable bonds is 4. The van der Waals surface area contributed by atoms with Crippen LogP contribution < -0.4 is 11.1 Å². The SMILES string of the molecule is C=CCC(N)C(=O)Nc1ccc(F)c(C#N)c1. The second-order valence-corrected chi connectivity index (χ2v) is 3.43. The van der Waals surface area contributed by atoms with E-state index in [1.54, 1.807) is 6.07 Å². The Balaban J connectivity index is 2.79. The number of amides is 1. The molecule has 0 radical (unpaired) electrons. The lowest BCUT2D eigenvalue weighted by molar-refractivity contribution is -0.117. The van der Waals surface area contributed by atoms with E-state index in [0.717, 1.165) is 6.07 Å². The van der Waals surface area contributed by atoms with Crippen LogP contribution in [0.4, 0.5) is 10.1 Å². The molecule has 5 heteroatoms. The highest BCUT2D eigenvalue weighted by Crippen LogP contribution is 2.14. The minimum Gasteiger partial charge on any atom is -0.325 e. The Labute approximate surface area is 98.5 Å². The van der Waals surface area contributed by atoms with Gasteiger partial charge in [0, 0.05) is 5.69 Å². The summed E-state index contributed by atoms with van der Waals surface area (Å²) in [6.45, 7) is 3.48.